The summed E-state index contributed by atoms with van der Waals surface area (Å²) in [4.78, 5) is 25.4. The molecule has 3 N–H and O–H groups in total. The van der Waals surface area contributed by atoms with E-state index < -0.39 is 6.04 Å². The summed E-state index contributed by atoms with van der Waals surface area (Å²) in [6.45, 7) is 1.10. The number of benzene rings is 2. The van der Waals surface area contributed by atoms with E-state index in [2.05, 4.69) is 5.32 Å². The number of hydrogen-bond acceptors (Lipinski definition) is 7. The quantitative estimate of drug-likeness (QED) is 0.471. The topological polar surface area (TPSA) is 99.9 Å². The molecule has 1 aliphatic rings. The average Bonchev–Trinajstić information content (AvgIpc) is 2.83. The lowest BCUT2D eigenvalue weighted by atomic mass is 9.88. The van der Waals surface area contributed by atoms with Gasteiger partial charge in [-0.1, -0.05) is 30.3 Å². The molecule has 1 unspecified atom stereocenters. The predicted octanol–water partition coefficient (Wildman–Crippen LogP) is 3.26. The summed E-state index contributed by atoms with van der Waals surface area (Å²) in [5, 5.41) is 3.24. The van der Waals surface area contributed by atoms with Gasteiger partial charge in [-0.15, -0.1) is 0 Å². The molecule has 1 aliphatic heterocycles. The lowest BCUT2D eigenvalue weighted by molar-refractivity contribution is -0.117. The van der Waals surface area contributed by atoms with Crippen LogP contribution in [0.3, 0.4) is 0 Å². The van der Waals surface area contributed by atoms with Crippen LogP contribution in [-0.2, 0) is 14.3 Å². The molecule has 3 rings (SSSR count). The Morgan fingerprint density at radius 3 is 2.26 bits per heavy atom. The molecule has 0 amide bonds. The second-order valence-electron chi connectivity index (χ2n) is 7.33. The van der Waals surface area contributed by atoms with Crippen LogP contribution in [0.25, 0.3) is 0 Å². The molecule has 0 aliphatic carbocycles. The molecular formula is C24H28N2O5. The van der Waals surface area contributed by atoms with E-state index in [-0.39, 0.29) is 17.4 Å². The van der Waals surface area contributed by atoms with Crippen LogP contribution in [0.15, 0.2) is 59.8 Å². The van der Waals surface area contributed by atoms with Crippen LogP contribution in [0.4, 0.5) is 5.69 Å². The number of nitrogens with two attached hydrogens (primary N) is 1. The summed E-state index contributed by atoms with van der Waals surface area (Å²) in [5.74, 6) is 0.728. The predicted molar refractivity (Wildman–Crippen MR) is 118 cm³/mol. The summed E-state index contributed by atoms with van der Waals surface area (Å²) in [6.07, 6.45) is 2.04. The van der Waals surface area contributed by atoms with Crippen molar-refractivity contribution in [2.45, 2.75) is 18.9 Å². The molecule has 2 aromatic carbocycles. The van der Waals surface area contributed by atoms with Crippen molar-refractivity contribution in [3.05, 3.63) is 65.4 Å². The Labute approximate surface area is 182 Å². The summed E-state index contributed by atoms with van der Waals surface area (Å²) >= 11 is 0. The van der Waals surface area contributed by atoms with Crippen molar-refractivity contribution in [1.82, 2.24) is 0 Å². The van der Waals surface area contributed by atoms with Gasteiger partial charge in [0.2, 0.25) is 5.78 Å². The van der Waals surface area contributed by atoms with Gasteiger partial charge in [0.25, 0.3) is 0 Å². The number of nitrogens with one attached hydrogen (secondary N) is 1. The van der Waals surface area contributed by atoms with Crippen molar-refractivity contribution in [2.24, 2.45) is 11.7 Å². The Balaban J connectivity index is 1.98. The third-order valence-corrected chi connectivity index (χ3v) is 5.42. The number of rotatable bonds is 9. The van der Waals surface area contributed by atoms with Crippen molar-refractivity contribution in [3.8, 4) is 11.5 Å². The molecule has 1 fully saturated rings. The number of carbonyl (C=O) groups is 2. The zero-order chi connectivity index (χ0) is 22.2. The molecule has 31 heavy (non-hydrogen) atoms. The van der Waals surface area contributed by atoms with Crippen LogP contribution in [0, 0.1) is 5.92 Å². The summed E-state index contributed by atoms with van der Waals surface area (Å²) in [5.41, 5.74) is 7.97. The maximum Gasteiger partial charge on any atom is 0.205 e. The van der Waals surface area contributed by atoms with Crippen LogP contribution >= 0.6 is 0 Å². The maximum atomic E-state index is 13.5. The first-order valence-electron chi connectivity index (χ1n) is 10.2. The van der Waals surface area contributed by atoms with Gasteiger partial charge in [0.1, 0.15) is 23.8 Å². The molecule has 7 heteroatoms. The summed E-state index contributed by atoms with van der Waals surface area (Å²) in [7, 11) is 3.12. The largest absolute Gasteiger partial charge is 0.497 e. The minimum Gasteiger partial charge on any atom is -0.497 e. The number of Topliss-reactive ketones (excluding diaryl/α,β-unsaturated/α-hetero) is 1. The number of allylic oxidation sites excluding steroid dienone is 1. The molecule has 1 saturated heterocycles. The highest BCUT2D eigenvalue weighted by atomic mass is 16.5. The van der Waals surface area contributed by atoms with Gasteiger partial charge in [0.05, 0.1) is 19.9 Å². The van der Waals surface area contributed by atoms with Crippen molar-refractivity contribution in [1.29, 1.82) is 0 Å². The highest BCUT2D eigenvalue weighted by molar-refractivity contribution is 6.04. The third-order valence-electron chi connectivity index (χ3n) is 5.42. The van der Waals surface area contributed by atoms with Crippen LogP contribution < -0.4 is 20.5 Å². The third kappa shape index (κ3) is 5.44. The zero-order valence-electron chi connectivity index (χ0n) is 17.8. The van der Waals surface area contributed by atoms with Crippen molar-refractivity contribution in [3.63, 3.8) is 0 Å². The standard InChI is InChI=1S/C24H28N2O5/c1-29-19-12-18(13-20(14-19)30-2)26-23(17-6-4-3-5-7-17)24(28)22(25)21(15-27)16-8-10-31-11-9-16/h3-7,12-16,23,26H,8-11,25H2,1-2H3. The van der Waals surface area contributed by atoms with Crippen LogP contribution in [0.1, 0.15) is 24.4 Å². The van der Waals surface area contributed by atoms with E-state index in [0.29, 0.717) is 55.1 Å². The van der Waals surface area contributed by atoms with Crippen LogP contribution in [0.2, 0.25) is 0 Å². The summed E-state index contributed by atoms with van der Waals surface area (Å²) in [6, 6.07) is 13.8. The van der Waals surface area contributed by atoms with E-state index in [1.807, 2.05) is 30.3 Å². The van der Waals surface area contributed by atoms with E-state index >= 15 is 0 Å². The SMILES string of the molecule is COc1cc(NC(C(=O)C(N)=C(C=O)C2CCOCC2)c2ccccc2)cc(OC)c1. The lowest BCUT2D eigenvalue weighted by Gasteiger charge is -2.25. The molecule has 2 aromatic rings. The maximum absolute atomic E-state index is 13.5. The van der Waals surface area contributed by atoms with Gasteiger partial charge in [-0.25, -0.2) is 0 Å². The second-order valence-corrected chi connectivity index (χ2v) is 7.33. The van der Waals surface area contributed by atoms with Gasteiger partial charge in [-0.3, -0.25) is 9.59 Å². The smallest absolute Gasteiger partial charge is 0.205 e. The Morgan fingerprint density at radius 2 is 1.71 bits per heavy atom. The molecule has 0 bridgehead atoms. The number of ether oxygens (including phenoxy) is 3. The van der Waals surface area contributed by atoms with Crippen LogP contribution in [0.5, 0.6) is 11.5 Å². The normalized spacial score (nSPS) is 16.1. The Morgan fingerprint density at radius 1 is 1.10 bits per heavy atom. The fraction of sp³-hybridized carbons (Fsp3) is 0.333. The minimum absolute atomic E-state index is 0.0156. The van der Waals surface area contributed by atoms with Gasteiger partial charge >= 0.3 is 0 Å². The van der Waals surface area contributed by atoms with E-state index in [0.717, 1.165) is 5.56 Å². The van der Waals surface area contributed by atoms with Gasteiger partial charge < -0.3 is 25.3 Å². The fourth-order valence-electron chi connectivity index (χ4n) is 3.69. The van der Waals surface area contributed by atoms with Gasteiger partial charge in [-0.2, -0.15) is 0 Å². The molecule has 0 aromatic heterocycles. The van der Waals surface area contributed by atoms with E-state index in [1.165, 1.54) is 0 Å². The lowest BCUT2D eigenvalue weighted by Crippen LogP contribution is -2.30. The first kappa shape index (κ1) is 22.4. The Hall–Kier alpha value is -3.32. The Kier molecular flexibility index (Phi) is 7.67. The molecular weight excluding hydrogens is 396 g/mol. The summed E-state index contributed by atoms with van der Waals surface area (Å²) < 4.78 is 16.0. The molecule has 0 saturated carbocycles. The zero-order valence-corrected chi connectivity index (χ0v) is 17.8. The molecule has 1 atom stereocenters. The molecule has 7 nitrogen and oxygen atoms in total. The van der Waals surface area contributed by atoms with Crippen LogP contribution in [-0.4, -0.2) is 39.5 Å². The number of aldehydes is 1. The highest BCUT2D eigenvalue weighted by Crippen LogP contribution is 2.31. The number of hydrogen-bond donors (Lipinski definition) is 2. The Bertz CT molecular complexity index is 914. The van der Waals surface area contributed by atoms with Gasteiger partial charge in [-0.05, 0) is 24.3 Å². The first-order valence-corrected chi connectivity index (χ1v) is 10.2. The van der Waals surface area contributed by atoms with Gasteiger partial charge in [0, 0.05) is 42.7 Å². The molecule has 0 spiro atoms. The van der Waals surface area contributed by atoms with E-state index in [9.17, 15) is 9.59 Å². The van der Waals surface area contributed by atoms with Crippen molar-refractivity contribution < 1.29 is 23.8 Å². The number of ketones is 1. The minimum atomic E-state index is -0.784. The van der Waals surface area contributed by atoms with Crippen molar-refractivity contribution >= 4 is 17.8 Å². The molecule has 164 valence electrons. The average molecular weight is 424 g/mol. The monoisotopic (exact) mass is 424 g/mol. The number of methoxy groups -OCH3 is 2. The number of anilines is 1. The van der Waals surface area contributed by atoms with Gasteiger partial charge in [0.15, 0.2) is 0 Å². The van der Waals surface area contributed by atoms with Crippen molar-refractivity contribution in [2.75, 3.05) is 32.8 Å². The first-order chi connectivity index (χ1) is 15.1. The molecule has 1 heterocycles. The highest BCUT2D eigenvalue weighted by Gasteiger charge is 2.28. The fourth-order valence-corrected chi connectivity index (χ4v) is 3.69. The van der Waals surface area contributed by atoms with E-state index in [4.69, 9.17) is 19.9 Å². The second kappa shape index (κ2) is 10.6. The number of carbonyl (C=O) groups excluding carboxylic acids is 2. The molecule has 0 radical (unpaired) electrons. The van der Waals surface area contributed by atoms with E-state index in [1.54, 1.807) is 32.4 Å².